The molecule has 6 heteroatoms. The smallest absolute Gasteiger partial charge is 0.160 e. The molecule has 2 unspecified atom stereocenters. The first-order chi connectivity index (χ1) is 7.70. The normalized spacial score (nSPS) is 25.6. The number of aromatic nitrogens is 2. The summed E-state index contributed by atoms with van der Waals surface area (Å²) in [5.41, 5.74) is 2.48. The molecule has 0 aromatic carbocycles. The molecule has 2 heterocycles. The van der Waals surface area contributed by atoms with Gasteiger partial charge in [-0.1, -0.05) is 6.92 Å². The van der Waals surface area contributed by atoms with E-state index in [0.717, 1.165) is 25.3 Å². The van der Waals surface area contributed by atoms with Crippen molar-refractivity contribution in [2.45, 2.75) is 19.4 Å². The third-order valence-corrected chi connectivity index (χ3v) is 2.95. The van der Waals surface area contributed by atoms with Gasteiger partial charge in [-0.3, -0.25) is 4.98 Å². The zero-order chi connectivity index (χ0) is 11.5. The lowest BCUT2D eigenvalue weighted by atomic mass is 9.97. The van der Waals surface area contributed by atoms with E-state index in [4.69, 9.17) is 5.84 Å². The molecule has 0 spiro atoms. The monoisotopic (exact) mass is 223 g/mol. The highest BCUT2D eigenvalue weighted by Crippen LogP contribution is 2.21. The minimum atomic E-state index is -0.208. The first-order valence-corrected chi connectivity index (χ1v) is 5.42. The standard InChI is InChI=1S/C10H17N5O/c1-7-6-15(3-2-8(7)16)10-5-12-4-9(13-10)14-11/h4-5,7-8,16H,2-3,6,11H2,1H3,(H,13,14). The summed E-state index contributed by atoms with van der Waals surface area (Å²) in [6, 6.07) is 0. The third-order valence-electron chi connectivity index (χ3n) is 2.95. The van der Waals surface area contributed by atoms with E-state index in [0.29, 0.717) is 5.82 Å². The summed E-state index contributed by atoms with van der Waals surface area (Å²) in [6.07, 6.45) is 3.85. The Morgan fingerprint density at radius 1 is 1.56 bits per heavy atom. The van der Waals surface area contributed by atoms with Crippen LogP contribution >= 0.6 is 0 Å². The molecule has 6 nitrogen and oxygen atoms in total. The predicted octanol–water partition coefficient (Wildman–Crippen LogP) is -0.0307. The number of rotatable bonds is 2. The molecule has 0 radical (unpaired) electrons. The van der Waals surface area contributed by atoms with Gasteiger partial charge in [0.15, 0.2) is 5.82 Å². The highest BCUT2D eigenvalue weighted by atomic mass is 16.3. The molecule has 16 heavy (non-hydrogen) atoms. The summed E-state index contributed by atoms with van der Waals surface area (Å²) < 4.78 is 0. The van der Waals surface area contributed by atoms with Gasteiger partial charge >= 0.3 is 0 Å². The maximum atomic E-state index is 9.65. The van der Waals surface area contributed by atoms with Crippen molar-refractivity contribution in [3.8, 4) is 0 Å². The van der Waals surface area contributed by atoms with Gasteiger partial charge in [-0.25, -0.2) is 10.8 Å². The van der Waals surface area contributed by atoms with Crippen molar-refractivity contribution in [1.82, 2.24) is 9.97 Å². The Labute approximate surface area is 94.5 Å². The molecule has 88 valence electrons. The fourth-order valence-corrected chi connectivity index (χ4v) is 1.92. The molecule has 1 fully saturated rings. The predicted molar refractivity (Wildman–Crippen MR) is 61.8 cm³/mol. The molecule has 2 rings (SSSR count). The molecule has 2 atom stereocenters. The van der Waals surface area contributed by atoms with E-state index in [-0.39, 0.29) is 12.0 Å². The summed E-state index contributed by atoms with van der Waals surface area (Å²) >= 11 is 0. The van der Waals surface area contributed by atoms with Crippen LogP contribution in [0.15, 0.2) is 12.4 Å². The van der Waals surface area contributed by atoms with Crippen LogP contribution in [-0.4, -0.2) is 34.3 Å². The average molecular weight is 223 g/mol. The first-order valence-electron chi connectivity index (χ1n) is 5.42. The van der Waals surface area contributed by atoms with Crippen LogP contribution in [0.25, 0.3) is 0 Å². The topological polar surface area (TPSA) is 87.3 Å². The molecule has 1 aromatic heterocycles. The highest BCUT2D eigenvalue weighted by Gasteiger charge is 2.25. The number of aliphatic hydroxyl groups excluding tert-OH is 1. The first kappa shape index (κ1) is 11.1. The second-order valence-electron chi connectivity index (χ2n) is 4.19. The Morgan fingerprint density at radius 3 is 3.06 bits per heavy atom. The van der Waals surface area contributed by atoms with Crippen LogP contribution in [0.1, 0.15) is 13.3 Å². The fraction of sp³-hybridized carbons (Fsp3) is 0.600. The Hall–Kier alpha value is -1.40. The van der Waals surface area contributed by atoms with Crippen LogP contribution in [0, 0.1) is 5.92 Å². The van der Waals surface area contributed by atoms with E-state index < -0.39 is 0 Å². The Kier molecular flexibility index (Phi) is 3.21. The molecule has 1 aromatic rings. The minimum Gasteiger partial charge on any atom is -0.393 e. The van der Waals surface area contributed by atoms with E-state index >= 15 is 0 Å². The van der Waals surface area contributed by atoms with Gasteiger partial charge in [0, 0.05) is 13.1 Å². The maximum absolute atomic E-state index is 9.65. The summed E-state index contributed by atoms with van der Waals surface area (Å²) in [7, 11) is 0. The lowest BCUT2D eigenvalue weighted by molar-refractivity contribution is 0.0969. The van der Waals surface area contributed by atoms with Gasteiger partial charge in [0.05, 0.1) is 18.5 Å². The lowest BCUT2D eigenvalue weighted by Crippen LogP contribution is -2.42. The number of hydrazine groups is 1. The molecule has 4 N–H and O–H groups in total. The molecular formula is C10H17N5O. The Bertz CT molecular complexity index is 359. The largest absolute Gasteiger partial charge is 0.393 e. The molecule has 1 saturated heterocycles. The molecule has 0 amide bonds. The van der Waals surface area contributed by atoms with Gasteiger partial charge in [0.25, 0.3) is 0 Å². The van der Waals surface area contributed by atoms with Crippen molar-refractivity contribution in [1.29, 1.82) is 0 Å². The molecular weight excluding hydrogens is 206 g/mol. The number of hydrogen-bond acceptors (Lipinski definition) is 6. The van der Waals surface area contributed by atoms with Gasteiger partial charge in [-0.15, -0.1) is 0 Å². The minimum absolute atomic E-state index is 0.208. The van der Waals surface area contributed by atoms with Crippen molar-refractivity contribution < 1.29 is 5.11 Å². The van der Waals surface area contributed by atoms with Crippen LogP contribution in [0.5, 0.6) is 0 Å². The van der Waals surface area contributed by atoms with Crippen LogP contribution in [-0.2, 0) is 0 Å². The van der Waals surface area contributed by atoms with E-state index in [1.54, 1.807) is 12.4 Å². The SMILES string of the molecule is CC1CN(c2cncc(NN)n2)CCC1O. The molecule has 0 bridgehead atoms. The summed E-state index contributed by atoms with van der Waals surface area (Å²) in [6.45, 7) is 3.63. The Morgan fingerprint density at radius 2 is 2.38 bits per heavy atom. The molecule has 1 aliphatic heterocycles. The van der Waals surface area contributed by atoms with Gasteiger partial charge in [-0.2, -0.15) is 0 Å². The number of piperidine rings is 1. The second kappa shape index (κ2) is 4.63. The van der Waals surface area contributed by atoms with Crippen molar-refractivity contribution in [3.05, 3.63) is 12.4 Å². The van der Waals surface area contributed by atoms with E-state index in [2.05, 4.69) is 20.3 Å². The molecule has 0 aliphatic carbocycles. The lowest BCUT2D eigenvalue weighted by Gasteiger charge is -2.34. The van der Waals surface area contributed by atoms with Crippen molar-refractivity contribution in [2.24, 2.45) is 11.8 Å². The molecule has 1 aliphatic rings. The van der Waals surface area contributed by atoms with Crippen molar-refractivity contribution in [3.63, 3.8) is 0 Å². The maximum Gasteiger partial charge on any atom is 0.160 e. The highest BCUT2D eigenvalue weighted by molar-refractivity contribution is 5.43. The van der Waals surface area contributed by atoms with Gasteiger partial charge in [-0.05, 0) is 12.3 Å². The van der Waals surface area contributed by atoms with Crippen LogP contribution in [0.3, 0.4) is 0 Å². The molecule has 0 saturated carbocycles. The van der Waals surface area contributed by atoms with Crippen LogP contribution < -0.4 is 16.2 Å². The van der Waals surface area contributed by atoms with Crippen LogP contribution in [0.2, 0.25) is 0 Å². The fourth-order valence-electron chi connectivity index (χ4n) is 1.92. The average Bonchev–Trinajstić information content (AvgIpc) is 2.33. The quantitative estimate of drug-likeness (QED) is 0.482. The van der Waals surface area contributed by atoms with E-state index in [1.165, 1.54) is 0 Å². The van der Waals surface area contributed by atoms with Crippen molar-refractivity contribution >= 4 is 11.6 Å². The zero-order valence-electron chi connectivity index (χ0n) is 9.30. The number of nitrogen functional groups attached to an aromatic ring is 1. The second-order valence-corrected chi connectivity index (χ2v) is 4.19. The van der Waals surface area contributed by atoms with Gasteiger partial charge < -0.3 is 15.4 Å². The van der Waals surface area contributed by atoms with Gasteiger partial charge in [0.2, 0.25) is 0 Å². The van der Waals surface area contributed by atoms with E-state index in [1.807, 2.05) is 6.92 Å². The number of nitrogens with zero attached hydrogens (tertiary/aromatic N) is 3. The number of aliphatic hydroxyl groups is 1. The summed E-state index contributed by atoms with van der Waals surface area (Å²) in [5.74, 6) is 6.89. The number of nitrogens with one attached hydrogen (secondary N) is 1. The van der Waals surface area contributed by atoms with Crippen LogP contribution in [0.4, 0.5) is 11.6 Å². The van der Waals surface area contributed by atoms with Crippen molar-refractivity contribution in [2.75, 3.05) is 23.4 Å². The zero-order valence-corrected chi connectivity index (χ0v) is 9.30. The Balaban J connectivity index is 2.12. The number of anilines is 2. The summed E-state index contributed by atoms with van der Waals surface area (Å²) in [4.78, 5) is 10.5. The van der Waals surface area contributed by atoms with E-state index in [9.17, 15) is 5.11 Å². The third kappa shape index (κ3) is 2.23. The number of nitrogens with two attached hydrogens (primary N) is 1. The summed E-state index contributed by atoms with van der Waals surface area (Å²) in [5, 5.41) is 9.65. The van der Waals surface area contributed by atoms with Gasteiger partial charge in [0.1, 0.15) is 5.82 Å². The number of hydrogen-bond donors (Lipinski definition) is 3.